The number of alkyl halides is 3. The molecule has 34 heavy (non-hydrogen) atoms. The van der Waals surface area contributed by atoms with E-state index in [0.29, 0.717) is 25.2 Å². The van der Waals surface area contributed by atoms with Crippen LogP contribution in [0.1, 0.15) is 41.9 Å². The summed E-state index contributed by atoms with van der Waals surface area (Å²) in [5, 5.41) is 13.9. The zero-order valence-corrected chi connectivity index (χ0v) is 19.3. The molecule has 1 N–H and O–H groups in total. The molecule has 0 atom stereocenters. The number of anilines is 1. The smallest absolute Gasteiger partial charge is 0.389 e. The highest BCUT2D eigenvalue weighted by atomic mass is 19.4. The van der Waals surface area contributed by atoms with Crippen LogP contribution in [0.4, 0.5) is 23.2 Å². The van der Waals surface area contributed by atoms with Gasteiger partial charge in [-0.1, -0.05) is 36.4 Å². The minimum atomic E-state index is -4.38. The van der Waals surface area contributed by atoms with Gasteiger partial charge in [-0.3, -0.25) is 4.68 Å². The van der Waals surface area contributed by atoms with Crippen LogP contribution in [0.5, 0.6) is 0 Å². The van der Waals surface area contributed by atoms with E-state index < -0.39 is 17.4 Å². The lowest BCUT2D eigenvalue weighted by molar-refractivity contribution is -0.180. The lowest BCUT2D eigenvalue weighted by atomic mass is 9.83. The molecular formula is C26H27F4N3O. The van der Waals surface area contributed by atoms with Gasteiger partial charge in [-0.25, -0.2) is 4.39 Å². The van der Waals surface area contributed by atoms with Crippen LogP contribution in [0.2, 0.25) is 0 Å². The maximum atomic E-state index is 14.9. The van der Waals surface area contributed by atoms with Gasteiger partial charge in [0.15, 0.2) is 5.83 Å². The molecule has 0 saturated carbocycles. The van der Waals surface area contributed by atoms with Gasteiger partial charge < -0.3 is 10.0 Å². The van der Waals surface area contributed by atoms with Crippen molar-refractivity contribution in [1.29, 1.82) is 0 Å². The van der Waals surface area contributed by atoms with Crippen LogP contribution >= 0.6 is 0 Å². The molecule has 1 aliphatic rings. The van der Waals surface area contributed by atoms with E-state index in [2.05, 4.69) is 10.00 Å². The molecule has 3 aromatic rings. The molecule has 0 amide bonds. The average molecular weight is 474 g/mol. The van der Waals surface area contributed by atoms with Crippen LogP contribution in [0, 0.1) is 6.92 Å². The first-order valence-electron chi connectivity index (χ1n) is 11.1. The molecule has 0 aliphatic carbocycles. The van der Waals surface area contributed by atoms with Gasteiger partial charge in [-0.2, -0.15) is 18.3 Å². The number of halogens is 4. The monoisotopic (exact) mass is 473 g/mol. The predicted molar refractivity (Wildman–Crippen MR) is 125 cm³/mol. The molecular weight excluding hydrogens is 446 g/mol. The van der Waals surface area contributed by atoms with Crippen LogP contribution in [0.25, 0.3) is 11.9 Å². The Hall–Kier alpha value is -3.13. The molecule has 2 heterocycles. The first-order chi connectivity index (χ1) is 15.9. The van der Waals surface area contributed by atoms with Crippen molar-refractivity contribution in [3.05, 3.63) is 82.7 Å². The van der Waals surface area contributed by atoms with Crippen LogP contribution in [-0.2, 0) is 12.0 Å². The van der Waals surface area contributed by atoms with Gasteiger partial charge in [0.05, 0.1) is 18.1 Å². The Balaban J connectivity index is 1.49. The van der Waals surface area contributed by atoms with Crippen molar-refractivity contribution in [2.45, 2.75) is 45.0 Å². The summed E-state index contributed by atoms with van der Waals surface area (Å²) in [5.74, 6) is -0.562. The summed E-state index contributed by atoms with van der Waals surface area (Å²) in [6.07, 6.45) is -3.40. The standard InChI is InChI=1S/C26H27F4N3O/c1-17-11-24(23(27)13-18-7-9-20(10-8-18)25(2,3)26(28,29)30)31-33(17)14-19-5-4-6-21(12-19)32-15-22(34)16-32/h4-13,22,34H,14-16H2,1-3H3. The first-order valence-corrected chi connectivity index (χ1v) is 11.1. The topological polar surface area (TPSA) is 41.3 Å². The van der Waals surface area contributed by atoms with Crippen molar-refractivity contribution < 1.29 is 22.7 Å². The van der Waals surface area contributed by atoms with E-state index in [1.54, 1.807) is 10.7 Å². The highest BCUT2D eigenvalue weighted by Gasteiger charge is 2.48. The molecule has 1 aliphatic heterocycles. The summed E-state index contributed by atoms with van der Waals surface area (Å²) in [7, 11) is 0. The lowest BCUT2D eigenvalue weighted by Gasteiger charge is -2.38. The van der Waals surface area contributed by atoms with E-state index in [-0.39, 0.29) is 17.4 Å². The maximum Gasteiger partial charge on any atom is 0.397 e. The van der Waals surface area contributed by atoms with E-state index in [1.165, 1.54) is 30.3 Å². The molecule has 1 saturated heterocycles. The molecule has 180 valence electrons. The van der Waals surface area contributed by atoms with Gasteiger partial charge in [-0.05, 0) is 61.7 Å². The fourth-order valence-corrected chi connectivity index (χ4v) is 3.86. The third-order valence-electron chi connectivity index (χ3n) is 6.33. The largest absolute Gasteiger partial charge is 0.397 e. The molecule has 4 rings (SSSR count). The SMILES string of the molecule is Cc1cc(C(F)=Cc2ccc(C(C)(C)C(F)(F)F)cc2)nn1Cc1cccc(N2CC(O)C2)c1. The number of aryl methyl sites for hydroxylation is 1. The molecule has 0 unspecified atom stereocenters. The Kier molecular flexibility index (Phi) is 6.29. The van der Waals surface area contributed by atoms with E-state index in [9.17, 15) is 22.7 Å². The lowest BCUT2D eigenvalue weighted by Crippen LogP contribution is -2.50. The van der Waals surface area contributed by atoms with Crippen molar-refractivity contribution in [3.63, 3.8) is 0 Å². The molecule has 4 nitrogen and oxygen atoms in total. The summed E-state index contributed by atoms with van der Waals surface area (Å²) < 4.78 is 56.4. The molecule has 1 aromatic heterocycles. The minimum Gasteiger partial charge on any atom is -0.389 e. The van der Waals surface area contributed by atoms with Gasteiger partial charge in [-0.15, -0.1) is 0 Å². The van der Waals surface area contributed by atoms with Gasteiger partial charge >= 0.3 is 6.18 Å². The molecule has 8 heteroatoms. The van der Waals surface area contributed by atoms with Crippen molar-refractivity contribution >= 4 is 17.6 Å². The molecule has 0 spiro atoms. The number of benzene rings is 2. The second-order valence-corrected chi connectivity index (χ2v) is 9.29. The maximum absolute atomic E-state index is 14.9. The third kappa shape index (κ3) is 4.87. The van der Waals surface area contributed by atoms with Gasteiger partial charge in [0.1, 0.15) is 5.69 Å². The quantitative estimate of drug-likeness (QED) is 0.465. The van der Waals surface area contributed by atoms with Crippen molar-refractivity contribution in [1.82, 2.24) is 9.78 Å². The average Bonchev–Trinajstić information content (AvgIpc) is 3.11. The number of nitrogens with zero attached hydrogens (tertiary/aromatic N) is 3. The zero-order valence-electron chi connectivity index (χ0n) is 19.3. The summed E-state index contributed by atoms with van der Waals surface area (Å²) in [5.41, 5.74) is 1.56. The van der Waals surface area contributed by atoms with E-state index in [4.69, 9.17) is 0 Å². The van der Waals surface area contributed by atoms with E-state index >= 15 is 0 Å². The normalized spacial score (nSPS) is 15.5. The van der Waals surface area contributed by atoms with Gasteiger partial charge in [0.25, 0.3) is 0 Å². The van der Waals surface area contributed by atoms with Crippen LogP contribution in [-0.4, -0.2) is 40.3 Å². The second kappa shape index (κ2) is 8.91. The summed E-state index contributed by atoms with van der Waals surface area (Å²) >= 11 is 0. The summed E-state index contributed by atoms with van der Waals surface area (Å²) in [6, 6.07) is 15.3. The summed E-state index contributed by atoms with van der Waals surface area (Å²) in [4.78, 5) is 2.08. The third-order valence-corrected chi connectivity index (χ3v) is 6.33. The highest BCUT2D eigenvalue weighted by Crippen LogP contribution is 2.40. The van der Waals surface area contributed by atoms with Crippen LogP contribution < -0.4 is 4.90 Å². The van der Waals surface area contributed by atoms with Crippen molar-refractivity contribution in [2.24, 2.45) is 0 Å². The Morgan fingerprint density at radius 3 is 2.38 bits per heavy atom. The van der Waals surface area contributed by atoms with Crippen LogP contribution in [0.15, 0.2) is 54.6 Å². The van der Waals surface area contributed by atoms with Crippen LogP contribution in [0.3, 0.4) is 0 Å². The number of β-amino-alcohol motifs (C(OH)–C–C–N with tert-alkyl or cyclic N) is 1. The fourth-order valence-electron chi connectivity index (χ4n) is 3.86. The van der Waals surface area contributed by atoms with E-state index in [0.717, 1.165) is 30.8 Å². The Morgan fingerprint density at radius 1 is 1.09 bits per heavy atom. The molecule has 2 aromatic carbocycles. The second-order valence-electron chi connectivity index (χ2n) is 9.29. The fraction of sp³-hybridized carbons (Fsp3) is 0.346. The number of hydrogen-bond acceptors (Lipinski definition) is 3. The summed E-state index contributed by atoms with van der Waals surface area (Å²) in [6.45, 7) is 5.77. The highest BCUT2D eigenvalue weighted by molar-refractivity contribution is 5.75. The predicted octanol–water partition coefficient (Wildman–Crippen LogP) is 5.73. The Labute approximate surface area is 196 Å². The van der Waals surface area contributed by atoms with Gasteiger partial charge in [0, 0.05) is 24.5 Å². The zero-order chi connectivity index (χ0) is 24.7. The molecule has 1 fully saturated rings. The number of hydrogen-bond donors (Lipinski definition) is 1. The first kappa shape index (κ1) is 24.0. The van der Waals surface area contributed by atoms with Crippen molar-refractivity contribution in [3.8, 4) is 0 Å². The minimum absolute atomic E-state index is 0.118. The number of rotatable bonds is 6. The molecule has 0 radical (unpaired) electrons. The van der Waals surface area contributed by atoms with E-state index in [1.807, 2.05) is 31.2 Å². The number of aliphatic hydroxyl groups excluding tert-OH is 1. The number of aliphatic hydroxyl groups is 1. The molecule has 0 bridgehead atoms. The number of aromatic nitrogens is 2. The Morgan fingerprint density at radius 2 is 1.76 bits per heavy atom. The van der Waals surface area contributed by atoms with Gasteiger partial charge in [0.2, 0.25) is 0 Å². The Bertz CT molecular complexity index is 1190. The van der Waals surface area contributed by atoms with Crippen molar-refractivity contribution in [2.75, 3.05) is 18.0 Å².